The lowest BCUT2D eigenvalue weighted by Crippen LogP contribution is -2.40. The number of aliphatic carboxylic acids is 1. The summed E-state index contributed by atoms with van der Waals surface area (Å²) < 4.78 is 15.3. The predicted octanol–water partition coefficient (Wildman–Crippen LogP) is 3.07. The second kappa shape index (κ2) is 6.72. The molecule has 0 saturated carbocycles. The van der Waals surface area contributed by atoms with Gasteiger partial charge >= 0.3 is 5.97 Å². The van der Waals surface area contributed by atoms with Crippen molar-refractivity contribution in [2.24, 2.45) is 11.3 Å². The fourth-order valence-corrected chi connectivity index (χ4v) is 4.48. The van der Waals surface area contributed by atoms with Crippen molar-refractivity contribution < 1.29 is 19.1 Å². The number of carbonyl (C=O) groups excluding carboxylic acids is 1. The van der Waals surface area contributed by atoms with E-state index in [1.807, 2.05) is 13.8 Å². The summed E-state index contributed by atoms with van der Waals surface area (Å²) in [5.74, 6) is -1.50. The third kappa shape index (κ3) is 2.80. The number of carbonyl (C=O) groups is 2. The van der Waals surface area contributed by atoms with Gasteiger partial charge in [0.15, 0.2) is 5.69 Å². The van der Waals surface area contributed by atoms with Crippen molar-refractivity contribution in [3.63, 3.8) is 0 Å². The Morgan fingerprint density at radius 3 is 2.71 bits per heavy atom. The van der Waals surface area contributed by atoms with E-state index in [0.29, 0.717) is 24.3 Å². The molecule has 1 unspecified atom stereocenters. The fourth-order valence-electron chi connectivity index (χ4n) is 4.48. The van der Waals surface area contributed by atoms with Gasteiger partial charge in [-0.05, 0) is 49.8 Å². The first-order valence-electron chi connectivity index (χ1n) is 9.73. The van der Waals surface area contributed by atoms with Gasteiger partial charge in [0.1, 0.15) is 5.82 Å². The van der Waals surface area contributed by atoms with Crippen LogP contribution in [-0.2, 0) is 17.6 Å². The van der Waals surface area contributed by atoms with Crippen molar-refractivity contribution in [1.29, 1.82) is 0 Å². The molecule has 0 radical (unpaired) electrons. The highest BCUT2D eigenvalue weighted by Gasteiger charge is 2.49. The van der Waals surface area contributed by atoms with Crippen LogP contribution in [0.2, 0.25) is 0 Å². The van der Waals surface area contributed by atoms with Gasteiger partial charge in [0.05, 0.1) is 11.1 Å². The number of carboxylic acids is 1. The maximum atomic E-state index is 13.7. The average molecular weight is 385 g/mol. The second-order valence-corrected chi connectivity index (χ2v) is 8.11. The largest absolute Gasteiger partial charge is 0.481 e. The third-order valence-electron chi connectivity index (χ3n) is 6.30. The topological polar surface area (TPSA) is 75.4 Å². The first-order valence-corrected chi connectivity index (χ1v) is 9.73. The molecule has 1 fully saturated rings. The summed E-state index contributed by atoms with van der Waals surface area (Å²) in [6.07, 6.45) is 2.91. The highest BCUT2D eigenvalue weighted by Crippen LogP contribution is 2.39. The van der Waals surface area contributed by atoms with Crippen LogP contribution in [-0.4, -0.2) is 44.8 Å². The van der Waals surface area contributed by atoms with Gasteiger partial charge in [0.2, 0.25) is 0 Å². The van der Waals surface area contributed by atoms with Crippen molar-refractivity contribution in [1.82, 2.24) is 14.7 Å². The molecule has 2 aliphatic rings. The number of nitrogens with zero attached hydrogens (tertiary/aromatic N) is 3. The van der Waals surface area contributed by atoms with Gasteiger partial charge in [-0.15, -0.1) is 0 Å². The van der Waals surface area contributed by atoms with Crippen molar-refractivity contribution >= 4 is 11.9 Å². The van der Waals surface area contributed by atoms with Crippen LogP contribution in [0.5, 0.6) is 0 Å². The molecule has 1 amide bonds. The second-order valence-electron chi connectivity index (χ2n) is 8.11. The van der Waals surface area contributed by atoms with E-state index < -0.39 is 11.4 Å². The minimum atomic E-state index is -0.913. The number of amides is 1. The zero-order valence-electron chi connectivity index (χ0n) is 16.1. The summed E-state index contributed by atoms with van der Waals surface area (Å²) in [4.78, 5) is 26.7. The van der Waals surface area contributed by atoms with Gasteiger partial charge in [-0.3, -0.25) is 9.59 Å². The first kappa shape index (κ1) is 18.7. The van der Waals surface area contributed by atoms with Crippen molar-refractivity contribution in [2.45, 2.75) is 39.5 Å². The van der Waals surface area contributed by atoms with E-state index in [-0.39, 0.29) is 24.2 Å². The van der Waals surface area contributed by atoms with Gasteiger partial charge < -0.3 is 10.0 Å². The standard InChI is InChI=1S/C21H24FN3O3/c1-13(2)21(20(27)28)9-10-24(12-21)19(26)18-16-7-4-8-17(16)25(23-18)15-6-3-5-14(22)11-15/h3,5-6,11,13H,4,7-10,12H2,1-2H3,(H,27,28). The van der Waals surface area contributed by atoms with Crippen molar-refractivity contribution in [2.75, 3.05) is 13.1 Å². The van der Waals surface area contributed by atoms with Gasteiger partial charge in [-0.1, -0.05) is 19.9 Å². The molecule has 1 aromatic heterocycles. The van der Waals surface area contributed by atoms with Gasteiger partial charge in [0.25, 0.3) is 5.91 Å². The Balaban J connectivity index is 1.68. The zero-order chi connectivity index (χ0) is 20.1. The quantitative estimate of drug-likeness (QED) is 0.878. The Hall–Kier alpha value is -2.70. The van der Waals surface area contributed by atoms with Crippen LogP contribution in [0.15, 0.2) is 24.3 Å². The SMILES string of the molecule is CC(C)C1(C(=O)O)CCN(C(=O)c2nn(-c3cccc(F)c3)c3c2CCC3)C1. The summed E-state index contributed by atoms with van der Waals surface area (Å²) in [6.45, 7) is 4.38. The Bertz CT molecular complexity index is 952. The molecule has 1 atom stereocenters. The van der Waals surface area contributed by atoms with Crippen LogP contribution < -0.4 is 0 Å². The molecule has 0 bridgehead atoms. The molecule has 7 heteroatoms. The number of hydrogen-bond donors (Lipinski definition) is 1. The molecule has 148 valence electrons. The fraction of sp³-hybridized carbons (Fsp3) is 0.476. The molecule has 0 spiro atoms. The molecule has 28 heavy (non-hydrogen) atoms. The van der Waals surface area contributed by atoms with Crippen LogP contribution in [0.25, 0.3) is 5.69 Å². The molecule has 2 aromatic rings. The van der Waals surface area contributed by atoms with Gasteiger partial charge in [0, 0.05) is 24.3 Å². The van der Waals surface area contributed by atoms with Crippen LogP contribution >= 0.6 is 0 Å². The monoisotopic (exact) mass is 385 g/mol. The Morgan fingerprint density at radius 1 is 1.29 bits per heavy atom. The highest BCUT2D eigenvalue weighted by atomic mass is 19.1. The molecule has 1 aliphatic heterocycles. The maximum absolute atomic E-state index is 13.7. The minimum Gasteiger partial charge on any atom is -0.481 e. The Morgan fingerprint density at radius 2 is 2.07 bits per heavy atom. The summed E-state index contributed by atoms with van der Waals surface area (Å²) in [5, 5.41) is 14.3. The van der Waals surface area contributed by atoms with Crippen LogP contribution in [0.4, 0.5) is 4.39 Å². The Labute approximate surface area is 163 Å². The lowest BCUT2D eigenvalue weighted by molar-refractivity contribution is -0.150. The molecule has 4 rings (SSSR count). The van der Waals surface area contributed by atoms with E-state index >= 15 is 0 Å². The zero-order valence-corrected chi connectivity index (χ0v) is 16.1. The lowest BCUT2D eigenvalue weighted by atomic mass is 9.76. The number of likely N-dealkylation sites (tertiary alicyclic amines) is 1. The highest BCUT2D eigenvalue weighted by molar-refractivity contribution is 5.95. The lowest BCUT2D eigenvalue weighted by Gasteiger charge is -2.28. The molecule has 2 heterocycles. The number of fused-ring (bicyclic) bond motifs is 1. The number of rotatable bonds is 4. The van der Waals surface area contributed by atoms with Crippen LogP contribution in [0.3, 0.4) is 0 Å². The van der Waals surface area contributed by atoms with Crippen molar-refractivity contribution in [3.8, 4) is 5.69 Å². The minimum absolute atomic E-state index is 0.0710. The number of aromatic nitrogens is 2. The van der Waals surface area contributed by atoms with E-state index in [1.54, 1.807) is 21.7 Å². The van der Waals surface area contributed by atoms with Crippen molar-refractivity contribution in [3.05, 3.63) is 47.0 Å². The van der Waals surface area contributed by atoms with E-state index in [4.69, 9.17) is 0 Å². The normalized spacial score (nSPS) is 21.4. The van der Waals surface area contributed by atoms with Crippen LogP contribution in [0.1, 0.15) is 48.4 Å². The molecule has 1 saturated heterocycles. The number of hydrogen-bond acceptors (Lipinski definition) is 3. The summed E-state index contributed by atoms with van der Waals surface area (Å²) in [6, 6.07) is 6.18. The van der Waals surface area contributed by atoms with E-state index in [2.05, 4.69) is 5.10 Å². The molecule has 1 aromatic carbocycles. The van der Waals surface area contributed by atoms with E-state index in [1.165, 1.54) is 12.1 Å². The molecular weight excluding hydrogens is 361 g/mol. The summed E-state index contributed by atoms with van der Waals surface area (Å²) >= 11 is 0. The first-order chi connectivity index (χ1) is 13.3. The average Bonchev–Trinajstić information content (AvgIpc) is 3.36. The maximum Gasteiger partial charge on any atom is 0.311 e. The van der Waals surface area contributed by atoms with Gasteiger partial charge in [-0.25, -0.2) is 9.07 Å². The number of benzene rings is 1. The van der Waals surface area contributed by atoms with Crippen LogP contribution in [0, 0.1) is 17.2 Å². The molecule has 1 aliphatic carbocycles. The summed E-state index contributed by atoms with van der Waals surface area (Å²) in [7, 11) is 0. The third-order valence-corrected chi connectivity index (χ3v) is 6.30. The molecule has 1 N–H and O–H groups in total. The summed E-state index contributed by atoms with van der Waals surface area (Å²) in [5.41, 5.74) is 1.92. The smallest absolute Gasteiger partial charge is 0.311 e. The van der Waals surface area contributed by atoms with E-state index in [0.717, 1.165) is 30.5 Å². The Kier molecular flexibility index (Phi) is 4.48. The predicted molar refractivity (Wildman–Crippen MR) is 101 cm³/mol. The van der Waals surface area contributed by atoms with E-state index in [9.17, 15) is 19.1 Å². The van der Waals surface area contributed by atoms with Gasteiger partial charge in [-0.2, -0.15) is 5.10 Å². The number of halogens is 1. The molecular formula is C21H24FN3O3. The number of carboxylic acid groups (broad SMARTS) is 1. The molecule has 6 nitrogen and oxygen atoms in total.